The van der Waals surface area contributed by atoms with Crippen molar-refractivity contribution >= 4 is 35.0 Å². The van der Waals surface area contributed by atoms with Crippen molar-refractivity contribution in [3.05, 3.63) is 72.8 Å². The van der Waals surface area contributed by atoms with Gasteiger partial charge in [0.2, 0.25) is 0 Å². The second kappa shape index (κ2) is 6.38. The standard InChI is InChI=1S/C20H12N2O5/c23-17-9-10-18(24)21(17)13-1-5-15(6-2-13)27-16-7-3-14(4-8-16)22-19(25)11-12-20(22)26/h1-12H. The quantitative estimate of drug-likeness (QED) is 0.782. The zero-order chi connectivity index (χ0) is 19.0. The molecule has 0 saturated heterocycles. The number of hydrogen-bond donors (Lipinski definition) is 0. The second-order valence-corrected chi connectivity index (χ2v) is 5.78. The summed E-state index contributed by atoms with van der Waals surface area (Å²) in [5, 5.41) is 0. The highest BCUT2D eigenvalue weighted by Crippen LogP contribution is 2.28. The van der Waals surface area contributed by atoms with E-state index in [1.165, 1.54) is 24.3 Å². The normalized spacial score (nSPS) is 16.0. The summed E-state index contributed by atoms with van der Waals surface area (Å²) in [5.74, 6) is -0.522. The predicted molar refractivity (Wildman–Crippen MR) is 96.2 cm³/mol. The molecule has 0 saturated carbocycles. The Labute approximate surface area is 153 Å². The SMILES string of the molecule is O=C1C=CC(=O)N1c1ccc(Oc2ccc(N3C(=O)C=CC3=O)cc2)cc1. The molecule has 0 atom stereocenters. The monoisotopic (exact) mass is 360 g/mol. The maximum absolute atomic E-state index is 11.7. The number of amides is 4. The van der Waals surface area contributed by atoms with E-state index in [0.29, 0.717) is 22.9 Å². The minimum Gasteiger partial charge on any atom is -0.457 e. The summed E-state index contributed by atoms with van der Waals surface area (Å²) in [6.07, 6.45) is 4.89. The molecule has 0 aromatic heterocycles. The molecule has 0 radical (unpaired) electrons. The van der Waals surface area contributed by atoms with Crippen LogP contribution < -0.4 is 14.5 Å². The van der Waals surface area contributed by atoms with E-state index in [4.69, 9.17) is 4.74 Å². The zero-order valence-electron chi connectivity index (χ0n) is 13.9. The average Bonchev–Trinajstić information content (AvgIpc) is 3.18. The fourth-order valence-electron chi connectivity index (χ4n) is 2.77. The van der Waals surface area contributed by atoms with Gasteiger partial charge in [0.25, 0.3) is 23.6 Å². The van der Waals surface area contributed by atoms with Gasteiger partial charge >= 0.3 is 0 Å². The zero-order valence-corrected chi connectivity index (χ0v) is 13.9. The first kappa shape index (κ1) is 16.5. The van der Waals surface area contributed by atoms with Crippen molar-refractivity contribution in [1.29, 1.82) is 0 Å². The van der Waals surface area contributed by atoms with Crippen LogP contribution in [0.15, 0.2) is 72.8 Å². The fraction of sp³-hybridized carbons (Fsp3) is 0. The van der Waals surface area contributed by atoms with E-state index in [2.05, 4.69) is 0 Å². The maximum atomic E-state index is 11.7. The molecule has 0 spiro atoms. The van der Waals surface area contributed by atoms with Crippen molar-refractivity contribution in [3.63, 3.8) is 0 Å². The van der Waals surface area contributed by atoms with Crippen molar-refractivity contribution in [2.45, 2.75) is 0 Å². The van der Waals surface area contributed by atoms with Crippen LogP contribution in [-0.4, -0.2) is 23.6 Å². The van der Waals surface area contributed by atoms with E-state index in [9.17, 15) is 19.2 Å². The molecule has 7 nitrogen and oxygen atoms in total. The molecule has 2 aliphatic heterocycles. The van der Waals surface area contributed by atoms with Crippen molar-refractivity contribution < 1.29 is 23.9 Å². The predicted octanol–water partition coefficient (Wildman–Crippen LogP) is 2.34. The first-order valence-electron chi connectivity index (χ1n) is 8.03. The Morgan fingerprint density at radius 3 is 1.07 bits per heavy atom. The van der Waals surface area contributed by atoms with Crippen LogP contribution in [0, 0.1) is 0 Å². The van der Waals surface area contributed by atoms with Gasteiger partial charge in [0, 0.05) is 24.3 Å². The molecule has 0 unspecified atom stereocenters. The number of anilines is 2. The minimum atomic E-state index is -0.384. The smallest absolute Gasteiger partial charge is 0.258 e. The van der Waals surface area contributed by atoms with Gasteiger partial charge in [0.15, 0.2) is 0 Å². The molecule has 0 fully saturated rings. The topological polar surface area (TPSA) is 84.0 Å². The van der Waals surface area contributed by atoms with Gasteiger partial charge in [-0.1, -0.05) is 0 Å². The first-order chi connectivity index (χ1) is 13.0. The molecule has 2 aromatic carbocycles. The van der Waals surface area contributed by atoms with Crippen LogP contribution in [-0.2, 0) is 19.2 Å². The summed E-state index contributed by atoms with van der Waals surface area (Å²) in [5.41, 5.74) is 0.910. The highest BCUT2D eigenvalue weighted by atomic mass is 16.5. The van der Waals surface area contributed by atoms with Crippen LogP contribution in [0.2, 0.25) is 0 Å². The lowest BCUT2D eigenvalue weighted by Crippen LogP contribution is -2.29. The van der Waals surface area contributed by atoms with E-state index < -0.39 is 0 Å². The molecule has 0 bridgehead atoms. The molecular formula is C20H12N2O5. The summed E-state index contributed by atoms with van der Waals surface area (Å²) in [4.78, 5) is 48.8. The number of imide groups is 2. The van der Waals surface area contributed by atoms with Crippen molar-refractivity contribution in [2.24, 2.45) is 0 Å². The molecule has 132 valence electrons. The Morgan fingerprint density at radius 2 is 0.778 bits per heavy atom. The second-order valence-electron chi connectivity index (χ2n) is 5.78. The van der Waals surface area contributed by atoms with Crippen molar-refractivity contribution in [2.75, 3.05) is 9.80 Å². The van der Waals surface area contributed by atoms with Crippen LogP contribution in [0.5, 0.6) is 11.5 Å². The molecule has 4 amide bonds. The number of ether oxygens (including phenoxy) is 1. The fourth-order valence-corrected chi connectivity index (χ4v) is 2.77. The lowest BCUT2D eigenvalue weighted by Gasteiger charge is -2.15. The van der Waals surface area contributed by atoms with E-state index in [1.807, 2.05) is 0 Å². The average molecular weight is 360 g/mol. The third-order valence-electron chi connectivity index (χ3n) is 4.04. The van der Waals surface area contributed by atoms with Gasteiger partial charge in [-0.05, 0) is 48.5 Å². The lowest BCUT2D eigenvalue weighted by molar-refractivity contribution is -0.121. The molecule has 2 aliphatic rings. The van der Waals surface area contributed by atoms with Gasteiger partial charge in [-0.25, -0.2) is 9.80 Å². The van der Waals surface area contributed by atoms with Crippen LogP contribution in [0.1, 0.15) is 0 Å². The van der Waals surface area contributed by atoms with Gasteiger partial charge in [0.05, 0.1) is 11.4 Å². The number of carbonyl (C=O) groups is 4. The molecule has 2 aromatic rings. The Kier molecular flexibility index (Phi) is 3.89. The minimum absolute atomic E-state index is 0.384. The largest absolute Gasteiger partial charge is 0.457 e. The van der Waals surface area contributed by atoms with Gasteiger partial charge in [-0.15, -0.1) is 0 Å². The molecule has 2 heterocycles. The molecule has 7 heteroatoms. The van der Waals surface area contributed by atoms with Crippen molar-refractivity contribution in [1.82, 2.24) is 0 Å². The third kappa shape index (κ3) is 3.02. The number of rotatable bonds is 4. The molecule has 27 heavy (non-hydrogen) atoms. The Bertz CT molecular complexity index is 900. The lowest BCUT2D eigenvalue weighted by atomic mass is 10.2. The molecule has 0 N–H and O–H groups in total. The summed E-state index contributed by atoms with van der Waals surface area (Å²) in [6.45, 7) is 0. The number of carbonyl (C=O) groups excluding carboxylic acids is 4. The molecule has 0 aliphatic carbocycles. The highest BCUT2D eigenvalue weighted by molar-refractivity contribution is 6.28. The third-order valence-corrected chi connectivity index (χ3v) is 4.04. The van der Waals surface area contributed by atoms with Gasteiger partial charge in [-0.2, -0.15) is 0 Å². The van der Waals surface area contributed by atoms with Crippen molar-refractivity contribution in [3.8, 4) is 11.5 Å². The van der Waals surface area contributed by atoms with Gasteiger partial charge < -0.3 is 4.74 Å². The van der Waals surface area contributed by atoms with Gasteiger partial charge in [-0.3, -0.25) is 19.2 Å². The maximum Gasteiger partial charge on any atom is 0.258 e. The number of benzene rings is 2. The van der Waals surface area contributed by atoms with Crippen LogP contribution >= 0.6 is 0 Å². The van der Waals surface area contributed by atoms with E-state index in [1.54, 1.807) is 48.5 Å². The Balaban J connectivity index is 1.47. The molecule has 4 rings (SSSR count). The number of hydrogen-bond acceptors (Lipinski definition) is 5. The van der Waals surface area contributed by atoms with E-state index in [0.717, 1.165) is 9.80 Å². The Hall–Kier alpha value is -4.00. The number of nitrogens with zero attached hydrogens (tertiary/aromatic N) is 2. The summed E-state index contributed by atoms with van der Waals surface area (Å²) in [6, 6.07) is 13.0. The van der Waals surface area contributed by atoms with Crippen LogP contribution in [0.25, 0.3) is 0 Å². The van der Waals surface area contributed by atoms with Crippen LogP contribution in [0.4, 0.5) is 11.4 Å². The van der Waals surface area contributed by atoms with Crippen LogP contribution in [0.3, 0.4) is 0 Å². The first-order valence-corrected chi connectivity index (χ1v) is 8.03. The van der Waals surface area contributed by atoms with Gasteiger partial charge in [0.1, 0.15) is 11.5 Å². The summed E-state index contributed by atoms with van der Waals surface area (Å²) in [7, 11) is 0. The van der Waals surface area contributed by atoms with E-state index in [-0.39, 0.29) is 23.6 Å². The summed E-state index contributed by atoms with van der Waals surface area (Å²) < 4.78 is 5.71. The summed E-state index contributed by atoms with van der Waals surface area (Å²) >= 11 is 0. The highest BCUT2D eigenvalue weighted by Gasteiger charge is 2.26. The van der Waals surface area contributed by atoms with E-state index >= 15 is 0 Å². The molecular weight excluding hydrogens is 348 g/mol. The Morgan fingerprint density at radius 1 is 0.481 bits per heavy atom.